The Kier molecular flexibility index (Phi) is 5.93. The lowest BCUT2D eigenvalue weighted by Gasteiger charge is -2.37. The fourth-order valence-corrected chi connectivity index (χ4v) is 6.28. The highest BCUT2D eigenvalue weighted by Crippen LogP contribution is 2.50. The van der Waals surface area contributed by atoms with E-state index in [0.717, 1.165) is 22.1 Å². The first kappa shape index (κ1) is 22.0. The number of hydrogen-bond donors (Lipinski definition) is 2. The first-order chi connectivity index (χ1) is 15.9. The zero-order valence-corrected chi connectivity index (χ0v) is 20.6. The van der Waals surface area contributed by atoms with Gasteiger partial charge in [0.05, 0.1) is 17.5 Å². The molecule has 0 aromatic heterocycles. The fraction of sp³-hybridized carbons (Fsp3) is 0.231. The quantitative estimate of drug-likeness (QED) is 0.362. The maximum absolute atomic E-state index is 13.1. The Bertz CT molecular complexity index is 1310. The van der Waals surface area contributed by atoms with E-state index in [1.807, 2.05) is 25.1 Å². The summed E-state index contributed by atoms with van der Waals surface area (Å²) in [6, 6.07) is 20.8. The Hall–Kier alpha value is -2.77. The van der Waals surface area contributed by atoms with Crippen LogP contribution in [0.15, 0.2) is 88.3 Å². The van der Waals surface area contributed by atoms with Crippen LogP contribution in [-0.2, 0) is 10.0 Å². The molecule has 0 unspecified atom stereocenters. The van der Waals surface area contributed by atoms with Crippen LogP contribution in [0.4, 0.5) is 11.4 Å². The SMILES string of the molecule is CCOc1ccc(NS(=O)(=O)c2ccc3c(c2)[C@H]2C=CC[C@H]2[C@@H](c2cccc(Br)c2)N3)cc1. The van der Waals surface area contributed by atoms with Crippen molar-refractivity contribution in [2.45, 2.75) is 30.2 Å². The molecule has 7 heteroatoms. The van der Waals surface area contributed by atoms with Gasteiger partial charge in [0.25, 0.3) is 10.0 Å². The second-order valence-electron chi connectivity index (χ2n) is 8.34. The molecule has 3 atom stereocenters. The van der Waals surface area contributed by atoms with Crippen molar-refractivity contribution in [1.29, 1.82) is 0 Å². The van der Waals surface area contributed by atoms with Gasteiger partial charge in [0.2, 0.25) is 0 Å². The van der Waals surface area contributed by atoms with Crippen LogP contribution in [0.5, 0.6) is 5.75 Å². The zero-order chi connectivity index (χ0) is 23.0. The molecular weight excluding hydrogens is 500 g/mol. The van der Waals surface area contributed by atoms with Crippen molar-refractivity contribution in [2.24, 2.45) is 5.92 Å². The molecule has 2 N–H and O–H groups in total. The van der Waals surface area contributed by atoms with Crippen LogP contribution in [0.2, 0.25) is 0 Å². The van der Waals surface area contributed by atoms with Crippen LogP contribution in [0.3, 0.4) is 0 Å². The van der Waals surface area contributed by atoms with Crippen LogP contribution < -0.4 is 14.8 Å². The molecule has 3 aromatic rings. The molecule has 1 heterocycles. The summed E-state index contributed by atoms with van der Waals surface area (Å²) in [5.74, 6) is 1.22. The number of anilines is 2. The molecule has 0 spiro atoms. The summed E-state index contributed by atoms with van der Waals surface area (Å²) in [6.07, 6.45) is 5.37. The number of benzene rings is 3. The van der Waals surface area contributed by atoms with E-state index >= 15 is 0 Å². The predicted octanol–water partition coefficient (Wildman–Crippen LogP) is 6.48. The maximum atomic E-state index is 13.1. The lowest BCUT2D eigenvalue weighted by atomic mass is 9.77. The standard InChI is InChI=1S/C26H25BrN2O3S/c1-2-32-20-11-9-19(10-12-20)29-33(30,31)21-13-14-25-24(16-21)22-7-4-8-23(22)26(28-25)17-5-3-6-18(27)15-17/h3-7,9-16,22-23,26,28-29H,2,8H2,1H3/t22-,23+,26+/m0/s1. The molecule has 5 rings (SSSR count). The number of nitrogens with one attached hydrogen (secondary N) is 2. The smallest absolute Gasteiger partial charge is 0.261 e. The Morgan fingerprint density at radius 1 is 1.09 bits per heavy atom. The number of rotatable bonds is 6. The first-order valence-corrected chi connectivity index (χ1v) is 13.3. The lowest BCUT2D eigenvalue weighted by molar-refractivity contribution is 0.340. The number of ether oxygens (including phenoxy) is 1. The molecule has 33 heavy (non-hydrogen) atoms. The van der Waals surface area contributed by atoms with Gasteiger partial charge in [0, 0.05) is 21.8 Å². The average Bonchev–Trinajstić information content (AvgIpc) is 3.30. The van der Waals surface area contributed by atoms with Gasteiger partial charge in [-0.2, -0.15) is 0 Å². The minimum absolute atomic E-state index is 0.166. The van der Waals surface area contributed by atoms with Crippen LogP contribution in [-0.4, -0.2) is 15.0 Å². The number of halogens is 1. The van der Waals surface area contributed by atoms with Crippen molar-refractivity contribution in [2.75, 3.05) is 16.6 Å². The van der Waals surface area contributed by atoms with Gasteiger partial charge in [-0.25, -0.2) is 8.42 Å². The molecule has 0 fully saturated rings. The van der Waals surface area contributed by atoms with E-state index in [0.29, 0.717) is 24.0 Å². The molecule has 0 bridgehead atoms. The molecule has 0 saturated carbocycles. The highest BCUT2D eigenvalue weighted by Gasteiger charge is 2.38. The highest BCUT2D eigenvalue weighted by atomic mass is 79.9. The third kappa shape index (κ3) is 4.39. The lowest BCUT2D eigenvalue weighted by Crippen LogP contribution is -2.29. The van der Waals surface area contributed by atoms with E-state index in [1.165, 1.54) is 5.56 Å². The number of allylic oxidation sites excluding steroid dienone is 2. The maximum Gasteiger partial charge on any atom is 0.261 e. The topological polar surface area (TPSA) is 67.4 Å². The minimum Gasteiger partial charge on any atom is -0.494 e. The van der Waals surface area contributed by atoms with Crippen LogP contribution in [0.25, 0.3) is 0 Å². The third-order valence-corrected chi connectivity index (χ3v) is 8.14. The average molecular weight is 525 g/mol. The largest absolute Gasteiger partial charge is 0.494 e. The Labute approximate surface area is 203 Å². The second kappa shape index (κ2) is 8.88. The summed E-state index contributed by atoms with van der Waals surface area (Å²) >= 11 is 3.58. The van der Waals surface area contributed by atoms with Crippen molar-refractivity contribution in [3.63, 3.8) is 0 Å². The van der Waals surface area contributed by atoms with Crippen molar-refractivity contribution < 1.29 is 13.2 Å². The molecule has 5 nitrogen and oxygen atoms in total. The Balaban J connectivity index is 1.44. The van der Waals surface area contributed by atoms with Crippen molar-refractivity contribution in [3.05, 3.63) is 94.5 Å². The molecule has 0 saturated heterocycles. The minimum atomic E-state index is -3.72. The molecule has 0 radical (unpaired) electrons. The van der Waals surface area contributed by atoms with Gasteiger partial charge in [-0.1, -0.05) is 40.2 Å². The Morgan fingerprint density at radius 3 is 2.67 bits per heavy atom. The van der Waals surface area contributed by atoms with Crippen LogP contribution in [0.1, 0.15) is 36.4 Å². The Morgan fingerprint density at radius 2 is 1.91 bits per heavy atom. The molecule has 1 aliphatic carbocycles. The van der Waals surface area contributed by atoms with Gasteiger partial charge < -0.3 is 10.1 Å². The van der Waals surface area contributed by atoms with Crippen LogP contribution >= 0.6 is 15.9 Å². The van der Waals surface area contributed by atoms with Gasteiger partial charge in [-0.05, 0) is 85.0 Å². The van der Waals surface area contributed by atoms with E-state index in [-0.39, 0.29) is 16.9 Å². The van der Waals surface area contributed by atoms with E-state index in [2.05, 4.69) is 56.3 Å². The van der Waals surface area contributed by atoms with Crippen molar-refractivity contribution in [1.82, 2.24) is 0 Å². The third-order valence-electron chi connectivity index (χ3n) is 6.27. The normalized spacial score (nSPS) is 21.1. The van der Waals surface area contributed by atoms with Gasteiger partial charge in [0.1, 0.15) is 5.75 Å². The molecular formula is C26H25BrN2O3S. The number of fused-ring (bicyclic) bond motifs is 3. The van der Waals surface area contributed by atoms with E-state index in [9.17, 15) is 8.42 Å². The van der Waals surface area contributed by atoms with Gasteiger partial charge in [-0.15, -0.1) is 0 Å². The molecule has 0 amide bonds. The zero-order valence-electron chi connectivity index (χ0n) is 18.2. The molecule has 170 valence electrons. The molecule has 2 aliphatic rings. The number of sulfonamides is 1. The molecule has 3 aromatic carbocycles. The monoisotopic (exact) mass is 524 g/mol. The van der Waals surface area contributed by atoms with E-state index in [1.54, 1.807) is 30.3 Å². The molecule has 1 aliphatic heterocycles. The van der Waals surface area contributed by atoms with Gasteiger partial charge >= 0.3 is 0 Å². The summed E-state index contributed by atoms with van der Waals surface area (Å²) < 4.78 is 35.4. The van der Waals surface area contributed by atoms with Gasteiger partial charge in [-0.3, -0.25) is 4.72 Å². The summed E-state index contributed by atoms with van der Waals surface area (Å²) in [4.78, 5) is 0.261. The summed E-state index contributed by atoms with van der Waals surface area (Å²) in [5, 5.41) is 3.67. The van der Waals surface area contributed by atoms with Crippen molar-refractivity contribution >= 4 is 37.3 Å². The van der Waals surface area contributed by atoms with E-state index in [4.69, 9.17) is 4.74 Å². The van der Waals surface area contributed by atoms with Crippen molar-refractivity contribution in [3.8, 4) is 5.75 Å². The van der Waals surface area contributed by atoms with Gasteiger partial charge in [0.15, 0.2) is 0 Å². The van der Waals surface area contributed by atoms with Crippen LogP contribution in [0, 0.1) is 5.92 Å². The van der Waals surface area contributed by atoms with E-state index < -0.39 is 10.0 Å². The summed E-state index contributed by atoms with van der Waals surface area (Å²) in [7, 11) is -3.72. The highest BCUT2D eigenvalue weighted by molar-refractivity contribution is 9.10. The summed E-state index contributed by atoms with van der Waals surface area (Å²) in [6.45, 7) is 2.47. The number of hydrogen-bond acceptors (Lipinski definition) is 4. The fourth-order valence-electron chi connectivity index (χ4n) is 4.77. The summed E-state index contributed by atoms with van der Waals surface area (Å²) in [5.41, 5.74) is 3.73. The predicted molar refractivity (Wildman–Crippen MR) is 135 cm³/mol. The first-order valence-electron chi connectivity index (χ1n) is 11.0. The second-order valence-corrected chi connectivity index (χ2v) is 10.9.